The van der Waals surface area contributed by atoms with Crippen molar-refractivity contribution in [3.8, 4) is 11.8 Å². The lowest BCUT2D eigenvalue weighted by Crippen LogP contribution is -2.46. The van der Waals surface area contributed by atoms with Crippen LogP contribution in [0.25, 0.3) is 0 Å². The molecule has 2 N–H and O–H groups in total. The molecule has 0 radical (unpaired) electrons. The zero-order valence-corrected chi connectivity index (χ0v) is 13.9. The van der Waals surface area contributed by atoms with Crippen LogP contribution in [-0.2, 0) is 11.8 Å². The Bertz CT molecular complexity index is 819. The lowest BCUT2D eigenvalue weighted by Gasteiger charge is -2.15. The summed E-state index contributed by atoms with van der Waals surface area (Å²) in [5.41, 5.74) is 1.63. The fourth-order valence-corrected chi connectivity index (χ4v) is 2.62. The lowest BCUT2D eigenvalue weighted by molar-refractivity contribution is -0.118. The molecule has 1 saturated heterocycles. The van der Waals surface area contributed by atoms with E-state index in [1.165, 1.54) is 0 Å². The highest BCUT2D eigenvalue weighted by molar-refractivity contribution is 6.01. The molecule has 7 heteroatoms. The van der Waals surface area contributed by atoms with Gasteiger partial charge in [0.2, 0.25) is 5.91 Å². The van der Waals surface area contributed by atoms with Crippen molar-refractivity contribution in [3.63, 3.8) is 0 Å². The molecule has 128 valence electrons. The fraction of sp³-hybridized carbons (Fsp3) is 0.278. The molecule has 0 unspecified atom stereocenters. The molecule has 0 aliphatic carbocycles. The van der Waals surface area contributed by atoms with E-state index >= 15 is 0 Å². The first-order valence-electron chi connectivity index (χ1n) is 8.02. The van der Waals surface area contributed by atoms with E-state index in [1.54, 1.807) is 29.0 Å². The van der Waals surface area contributed by atoms with Gasteiger partial charge in [0.05, 0.1) is 18.4 Å². The van der Waals surface area contributed by atoms with Gasteiger partial charge in [-0.25, -0.2) is 4.79 Å². The number of nitrogens with one attached hydrogen (secondary N) is 2. The van der Waals surface area contributed by atoms with Crippen LogP contribution in [0.15, 0.2) is 42.7 Å². The van der Waals surface area contributed by atoms with Crippen molar-refractivity contribution in [3.05, 3.63) is 48.3 Å². The topological polar surface area (TPSA) is 79.3 Å². The highest BCUT2D eigenvalue weighted by atomic mass is 16.2. The number of urea groups is 1. The van der Waals surface area contributed by atoms with E-state index in [2.05, 4.69) is 27.6 Å². The normalized spacial score (nSPS) is 16.3. The van der Waals surface area contributed by atoms with Gasteiger partial charge >= 0.3 is 6.03 Å². The largest absolute Gasteiger partial charge is 0.327 e. The van der Waals surface area contributed by atoms with Crippen LogP contribution in [0.5, 0.6) is 0 Å². The van der Waals surface area contributed by atoms with E-state index in [1.807, 2.05) is 30.3 Å². The van der Waals surface area contributed by atoms with Crippen molar-refractivity contribution in [2.75, 3.05) is 18.0 Å². The first-order valence-corrected chi connectivity index (χ1v) is 8.02. The van der Waals surface area contributed by atoms with E-state index in [4.69, 9.17) is 0 Å². The maximum atomic E-state index is 12.4. The van der Waals surface area contributed by atoms with E-state index in [0.29, 0.717) is 13.0 Å². The molecule has 7 nitrogen and oxygen atoms in total. The molecule has 2 heterocycles. The van der Waals surface area contributed by atoms with Crippen LogP contribution in [-0.4, -0.2) is 40.9 Å². The Morgan fingerprint density at radius 3 is 2.88 bits per heavy atom. The molecular formula is C18H19N5O2. The highest BCUT2D eigenvalue weighted by Gasteiger charge is 2.34. The van der Waals surface area contributed by atoms with E-state index in [9.17, 15) is 9.59 Å². The number of benzene rings is 1. The number of aromatic nitrogens is 2. The van der Waals surface area contributed by atoms with Crippen LogP contribution >= 0.6 is 0 Å². The first-order chi connectivity index (χ1) is 12.1. The molecule has 1 aromatic carbocycles. The average molecular weight is 337 g/mol. The van der Waals surface area contributed by atoms with Gasteiger partial charge in [-0.15, -0.1) is 0 Å². The molecule has 0 spiro atoms. The van der Waals surface area contributed by atoms with Gasteiger partial charge in [-0.05, 0) is 18.6 Å². The summed E-state index contributed by atoms with van der Waals surface area (Å²) in [6.07, 6.45) is 3.98. The molecule has 1 atom stereocenters. The molecule has 1 aliphatic heterocycles. The van der Waals surface area contributed by atoms with Gasteiger partial charge in [0.15, 0.2) is 0 Å². The summed E-state index contributed by atoms with van der Waals surface area (Å²) < 4.78 is 1.64. The Morgan fingerprint density at radius 1 is 1.36 bits per heavy atom. The Hall–Kier alpha value is -3.27. The maximum absolute atomic E-state index is 12.4. The summed E-state index contributed by atoms with van der Waals surface area (Å²) in [5.74, 6) is 5.71. The number of hydrogen-bond acceptors (Lipinski definition) is 3. The van der Waals surface area contributed by atoms with Crippen molar-refractivity contribution in [2.45, 2.75) is 12.5 Å². The molecule has 25 heavy (non-hydrogen) atoms. The third-order valence-corrected chi connectivity index (χ3v) is 3.86. The van der Waals surface area contributed by atoms with Gasteiger partial charge < -0.3 is 15.5 Å². The van der Waals surface area contributed by atoms with Gasteiger partial charge in [-0.3, -0.25) is 9.48 Å². The first kappa shape index (κ1) is 16.6. The molecule has 1 aromatic heterocycles. The minimum Gasteiger partial charge on any atom is -0.327 e. The summed E-state index contributed by atoms with van der Waals surface area (Å²) >= 11 is 0. The molecule has 3 rings (SSSR count). The second kappa shape index (κ2) is 7.53. The number of anilines is 1. The van der Waals surface area contributed by atoms with E-state index in [-0.39, 0.29) is 12.5 Å². The second-order valence-electron chi connectivity index (χ2n) is 5.70. The number of hydrogen-bond donors (Lipinski definition) is 2. The zero-order chi connectivity index (χ0) is 17.6. The summed E-state index contributed by atoms with van der Waals surface area (Å²) in [5, 5.41) is 9.41. The van der Waals surface area contributed by atoms with E-state index in [0.717, 1.165) is 11.3 Å². The molecule has 0 bridgehead atoms. The van der Waals surface area contributed by atoms with Gasteiger partial charge in [0, 0.05) is 25.4 Å². The molecule has 3 amide bonds. The molecule has 1 fully saturated rings. The summed E-state index contributed by atoms with van der Waals surface area (Å²) in [7, 11) is 1.80. The van der Waals surface area contributed by atoms with Crippen LogP contribution < -0.4 is 15.5 Å². The Labute approximate surface area is 146 Å². The zero-order valence-electron chi connectivity index (χ0n) is 13.9. The minimum atomic E-state index is -0.526. The smallest absolute Gasteiger partial charge is 0.316 e. The van der Waals surface area contributed by atoms with Crippen LogP contribution in [0.1, 0.15) is 12.0 Å². The maximum Gasteiger partial charge on any atom is 0.316 e. The van der Waals surface area contributed by atoms with Crippen LogP contribution in [0.3, 0.4) is 0 Å². The summed E-state index contributed by atoms with van der Waals surface area (Å²) in [6, 6.07) is 8.61. The Kier molecular flexibility index (Phi) is 5.00. The van der Waals surface area contributed by atoms with Gasteiger partial charge in [-0.1, -0.05) is 30.0 Å². The number of carbonyl (C=O) groups excluding carboxylic acids is 2. The predicted octanol–water partition coefficient (Wildman–Crippen LogP) is 0.876. The van der Waals surface area contributed by atoms with Crippen molar-refractivity contribution in [1.29, 1.82) is 0 Å². The second-order valence-corrected chi connectivity index (χ2v) is 5.70. The number of aryl methyl sites for hydroxylation is 1. The summed E-state index contributed by atoms with van der Waals surface area (Å²) in [4.78, 5) is 25.9. The molecule has 2 aromatic rings. The number of nitrogens with zero attached hydrogens (tertiary/aromatic N) is 3. The van der Waals surface area contributed by atoms with E-state index < -0.39 is 12.1 Å². The average Bonchev–Trinajstić information content (AvgIpc) is 3.19. The van der Waals surface area contributed by atoms with Crippen molar-refractivity contribution >= 4 is 17.6 Å². The third-order valence-electron chi connectivity index (χ3n) is 3.86. The van der Waals surface area contributed by atoms with Crippen molar-refractivity contribution in [2.24, 2.45) is 7.05 Å². The van der Waals surface area contributed by atoms with Crippen LogP contribution in [0.4, 0.5) is 10.5 Å². The molecule has 0 saturated carbocycles. The monoisotopic (exact) mass is 337 g/mol. The number of carbonyl (C=O) groups is 2. The molecular weight excluding hydrogens is 318 g/mol. The minimum absolute atomic E-state index is 0.126. The highest BCUT2D eigenvalue weighted by Crippen LogP contribution is 2.20. The van der Waals surface area contributed by atoms with Crippen LogP contribution in [0, 0.1) is 11.8 Å². The van der Waals surface area contributed by atoms with Gasteiger partial charge in [-0.2, -0.15) is 5.10 Å². The third kappa shape index (κ3) is 4.18. The van der Waals surface area contributed by atoms with Gasteiger partial charge in [0.1, 0.15) is 6.04 Å². The molecule has 1 aliphatic rings. The SMILES string of the molecule is Cn1cc(N2CC[C@H](NC(=O)NCC#Cc3ccccc3)C2=O)cn1. The Morgan fingerprint density at radius 2 is 2.16 bits per heavy atom. The fourth-order valence-electron chi connectivity index (χ4n) is 2.62. The van der Waals surface area contributed by atoms with Gasteiger partial charge in [0.25, 0.3) is 0 Å². The lowest BCUT2D eigenvalue weighted by atomic mass is 10.2. The summed E-state index contributed by atoms with van der Waals surface area (Å²) in [6.45, 7) is 0.775. The van der Waals surface area contributed by atoms with Crippen LogP contribution in [0.2, 0.25) is 0 Å². The van der Waals surface area contributed by atoms with Crippen molar-refractivity contribution in [1.82, 2.24) is 20.4 Å². The standard InChI is InChI=1S/C18H19N5O2/c1-22-13-15(12-20-22)23-11-9-16(17(23)24)21-18(25)19-10-5-8-14-6-3-2-4-7-14/h2-4,6-7,12-13,16H,9-11H2,1H3,(H2,19,21,25)/t16-/m0/s1. The predicted molar refractivity (Wildman–Crippen MR) is 93.8 cm³/mol. The quantitative estimate of drug-likeness (QED) is 0.816. The number of rotatable bonds is 3. The van der Waals surface area contributed by atoms with Crippen molar-refractivity contribution < 1.29 is 9.59 Å². The Balaban J connectivity index is 1.47. The number of amides is 3.